The van der Waals surface area contributed by atoms with Crippen LogP contribution in [0, 0.1) is 16.2 Å². The number of rotatable bonds is 15. The molecule has 0 heterocycles. The summed E-state index contributed by atoms with van der Waals surface area (Å²) in [5.41, 5.74) is -0.437. The van der Waals surface area contributed by atoms with Crippen molar-refractivity contribution in [3.63, 3.8) is 0 Å². The zero-order valence-corrected chi connectivity index (χ0v) is 20.7. The Morgan fingerprint density at radius 1 is 0.643 bits per heavy atom. The maximum atomic E-state index is 12.9. The monoisotopic (exact) mass is 396 g/mol. The molecule has 0 radical (unpaired) electrons. The molecule has 0 fully saturated rings. The first kappa shape index (κ1) is 27.5. The lowest BCUT2D eigenvalue weighted by Gasteiger charge is -2.43. The summed E-state index contributed by atoms with van der Waals surface area (Å²) in [4.78, 5) is 12.9. The van der Waals surface area contributed by atoms with E-state index in [9.17, 15) is 4.79 Å². The van der Waals surface area contributed by atoms with Crippen LogP contribution in [0.25, 0.3) is 0 Å². The van der Waals surface area contributed by atoms with Gasteiger partial charge in [-0.05, 0) is 30.6 Å². The Labute approximate surface area is 177 Å². The second-order valence-electron chi connectivity index (χ2n) is 11.3. The van der Waals surface area contributed by atoms with Crippen LogP contribution in [-0.2, 0) is 9.53 Å². The van der Waals surface area contributed by atoms with Gasteiger partial charge in [0, 0.05) is 0 Å². The second-order valence-corrected chi connectivity index (χ2v) is 11.3. The van der Waals surface area contributed by atoms with Crippen molar-refractivity contribution in [1.29, 1.82) is 0 Å². The molecule has 1 atom stereocenters. The molecule has 0 saturated carbocycles. The molecule has 0 spiro atoms. The van der Waals surface area contributed by atoms with Crippen molar-refractivity contribution >= 4 is 5.97 Å². The average Bonchev–Trinajstić information content (AvgIpc) is 2.56. The molecule has 0 N–H and O–H groups in total. The Kier molecular flexibility index (Phi) is 13.4. The fourth-order valence-corrected chi connectivity index (χ4v) is 3.97. The van der Waals surface area contributed by atoms with Gasteiger partial charge >= 0.3 is 5.97 Å². The highest BCUT2D eigenvalue weighted by Gasteiger charge is 2.47. The molecule has 2 nitrogen and oxygen atoms in total. The van der Waals surface area contributed by atoms with E-state index < -0.39 is 5.41 Å². The smallest absolute Gasteiger partial charge is 0.312 e. The molecule has 168 valence electrons. The minimum atomic E-state index is -0.442. The van der Waals surface area contributed by atoms with Crippen molar-refractivity contribution in [2.45, 2.75) is 139 Å². The van der Waals surface area contributed by atoms with Gasteiger partial charge in [0.25, 0.3) is 0 Å². The Morgan fingerprint density at radius 3 is 1.39 bits per heavy atom. The number of esters is 1. The van der Waals surface area contributed by atoms with E-state index >= 15 is 0 Å². The molecule has 0 amide bonds. The molecule has 0 aromatic carbocycles. The summed E-state index contributed by atoms with van der Waals surface area (Å²) in [5.74, 6) is -0.0157. The fraction of sp³-hybridized carbons (Fsp3) is 0.962. The highest BCUT2D eigenvalue weighted by atomic mass is 16.5. The summed E-state index contributed by atoms with van der Waals surface area (Å²) in [7, 11) is 0. The molecule has 0 aromatic rings. The van der Waals surface area contributed by atoms with Crippen molar-refractivity contribution in [3.8, 4) is 0 Å². The van der Waals surface area contributed by atoms with Crippen LogP contribution < -0.4 is 0 Å². The van der Waals surface area contributed by atoms with Crippen LogP contribution in [0.1, 0.15) is 139 Å². The molecule has 0 rings (SSSR count). The van der Waals surface area contributed by atoms with Gasteiger partial charge in [-0.3, -0.25) is 4.79 Å². The van der Waals surface area contributed by atoms with E-state index in [1.807, 2.05) is 0 Å². The largest absolute Gasteiger partial charge is 0.465 e. The van der Waals surface area contributed by atoms with Crippen molar-refractivity contribution in [3.05, 3.63) is 0 Å². The van der Waals surface area contributed by atoms with Crippen molar-refractivity contribution < 1.29 is 9.53 Å². The van der Waals surface area contributed by atoms with Gasteiger partial charge in [0.05, 0.1) is 12.0 Å². The molecular weight excluding hydrogens is 344 g/mol. The van der Waals surface area contributed by atoms with E-state index in [0.29, 0.717) is 6.61 Å². The summed E-state index contributed by atoms with van der Waals surface area (Å²) < 4.78 is 5.73. The molecule has 28 heavy (non-hydrogen) atoms. The Hall–Kier alpha value is -0.530. The quantitative estimate of drug-likeness (QED) is 0.204. The molecule has 0 saturated heterocycles. The van der Waals surface area contributed by atoms with Crippen LogP contribution in [0.15, 0.2) is 0 Å². The van der Waals surface area contributed by atoms with Crippen LogP contribution in [0.2, 0.25) is 0 Å². The highest BCUT2D eigenvalue weighted by molar-refractivity contribution is 5.77. The van der Waals surface area contributed by atoms with Gasteiger partial charge in [0.15, 0.2) is 0 Å². The molecule has 1 unspecified atom stereocenters. The maximum Gasteiger partial charge on any atom is 0.312 e. The lowest BCUT2D eigenvalue weighted by atomic mass is 9.61. The first-order valence-corrected chi connectivity index (χ1v) is 12.1. The van der Waals surface area contributed by atoms with E-state index in [1.165, 1.54) is 70.6 Å². The number of hydrogen-bond acceptors (Lipinski definition) is 2. The first-order chi connectivity index (χ1) is 12.9. The standard InChI is InChI=1S/C26H52O2/c1-9-10-11-12-13-14-15-16-17-18-19-20-21-28-23(27)26(8,25(5,6)7)22-24(2,3)4/h9-22H2,1-8H3. The lowest BCUT2D eigenvalue weighted by molar-refractivity contribution is -0.164. The van der Waals surface area contributed by atoms with Crippen LogP contribution >= 0.6 is 0 Å². The number of carbonyl (C=O) groups excluding carboxylic acids is 1. The summed E-state index contributed by atoms with van der Waals surface area (Å²) in [6.07, 6.45) is 16.8. The molecule has 0 aliphatic rings. The molecule has 0 bridgehead atoms. The minimum absolute atomic E-state index is 0.0157. The van der Waals surface area contributed by atoms with E-state index in [0.717, 1.165) is 12.8 Å². The summed E-state index contributed by atoms with van der Waals surface area (Å²) in [6, 6.07) is 0. The summed E-state index contributed by atoms with van der Waals surface area (Å²) >= 11 is 0. The van der Waals surface area contributed by atoms with E-state index in [2.05, 4.69) is 55.4 Å². The van der Waals surface area contributed by atoms with Gasteiger partial charge in [-0.25, -0.2) is 0 Å². The van der Waals surface area contributed by atoms with Gasteiger partial charge in [-0.15, -0.1) is 0 Å². The fourth-order valence-electron chi connectivity index (χ4n) is 3.97. The third kappa shape index (κ3) is 12.1. The Balaban J connectivity index is 3.90. The van der Waals surface area contributed by atoms with Crippen LogP contribution in [0.4, 0.5) is 0 Å². The van der Waals surface area contributed by atoms with E-state index in [-0.39, 0.29) is 16.8 Å². The van der Waals surface area contributed by atoms with Gasteiger partial charge in [0.2, 0.25) is 0 Å². The molecule has 0 aliphatic carbocycles. The van der Waals surface area contributed by atoms with Crippen LogP contribution in [-0.4, -0.2) is 12.6 Å². The van der Waals surface area contributed by atoms with Gasteiger partial charge < -0.3 is 4.74 Å². The Morgan fingerprint density at radius 2 is 1.04 bits per heavy atom. The molecule has 0 aliphatic heterocycles. The SMILES string of the molecule is CCCCCCCCCCCCCCOC(=O)C(C)(CC(C)(C)C)C(C)(C)C. The molecule has 2 heteroatoms. The number of ether oxygens (including phenoxy) is 1. The van der Waals surface area contributed by atoms with Gasteiger partial charge in [-0.2, -0.15) is 0 Å². The molecular formula is C26H52O2. The van der Waals surface area contributed by atoms with Gasteiger partial charge in [-0.1, -0.05) is 119 Å². The predicted molar refractivity (Wildman–Crippen MR) is 124 cm³/mol. The summed E-state index contributed by atoms with van der Waals surface area (Å²) in [5, 5.41) is 0. The minimum Gasteiger partial charge on any atom is -0.465 e. The Bertz CT molecular complexity index is 400. The normalized spacial score (nSPS) is 14.7. The van der Waals surface area contributed by atoms with Crippen molar-refractivity contribution in [2.24, 2.45) is 16.2 Å². The zero-order chi connectivity index (χ0) is 21.7. The third-order valence-electron chi connectivity index (χ3n) is 6.22. The third-order valence-corrected chi connectivity index (χ3v) is 6.22. The average molecular weight is 397 g/mol. The zero-order valence-electron chi connectivity index (χ0n) is 20.7. The first-order valence-electron chi connectivity index (χ1n) is 12.1. The van der Waals surface area contributed by atoms with E-state index in [1.54, 1.807) is 0 Å². The number of unbranched alkanes of at least 4 members (excludes halogenated alkanes) is 11. The summed E-state index contributed by atoms with van der Waals surface area (Å²) in [6.45, 7) is 18.0. The topological polar surface area (TPSA) is 26.3 Å². The number of carbonyl (C=O) groups is 1. The van der Waals surface area contributed by atoms with Crippen molar-refractivity contribution in [1.82, 2.24) is 0 Å². The highest BCUT2D eigenvalue weighted by Crippen LogP contribution is 2.47. The van der Waals surface area contributed by atoms with E-state index in [4.69, 9.17) is 4.74 Å². The lowest BCUT2D eigenvalue weighted by Crippen LogP contribution is -2.44. The van der Waals surface area contributed by atoms with Gasteiger partial charge in [0.1, 0.15) is 0 Å². The van der Waals surface area contributed by atoms with Crippen molar-refractivity contribution in [2.75, 3.05) is 6.61 Å². The van der Waals surface area contributed by atoms with Crippen LogP contribution in [0.3, 0.4) is 0 Å². The number of hydrogen-bond donors (Lipinski definition) is 0. The predicted octanol–water partition coefficient (Wildman–Crippen LogP) is 8.72. The van der Waals surface area contributed by atoms with Crippen LogP contribution in [0.5, 0.6) is 0 Å². The molecule has 0 aromatic heterocycles. The maximum absolute atomic E-state index is 12.9. The second kappa shape index (κ2) is 13.6.